The molecule has 1 aromatic rings. The van der Waals surface area contributed by atoms with Gasteiger partial charge in [-0.3, -0.25) is 0 Å². The fourth-order valence-electron chi connectivity index (χ4n) is 2.66. The van der Waals surface area contributed by atoms with Crippen molar-refractivity contribution in [3.63, 3.8) is 0 Å². The molecule has 0 atom stereocenters. The molecule has 1 fully saturated rings. The van der Waals surface area contributed by atoms with Crippen LogP contribution < -0.4 is 5.32 Å². The van der Waals surface area contributed by atoms with Gasteiger partial charge in [-0.05, 0) is 35.1 Å². The van der Waals surface area contributed by atoms with Crippen molar-refractivity contribution in [1.29, 1.82) is 0 Å². The zero-order valence-electron chi connectivity index (χ0n) is 13.1. The van der Waals surface area contributed by atoms with E-state index in [2.05, 4.69) is 33.0 Å². The van der Waals surface area contributed by atoms with Gasteiger partial charge < -0.3 is 5.32 Å². The molecule has 0 radical (unpaired) electrons. The molecule has 0 unspecified atom stereocenters. The maximum absolute atomic E-state index is 12.0. The normalized spacial score (nSPS) is 20.9. The molecule has 1 N–H and O–H groups in total. The minimum atomic E-state index is -3.35. The van der Waals surface area contributed by atoms with Gasteiger partial charge in [0.2, 0.25) is 10.0 Å². The first-order chi connectivity index (χ1) is 9.01. The summed E-state index contributed by atoms with van der Waals surface area (Å²) >= 11 is 0. The van der Waals surface area contributed by atoms with Gasteiger partial charge in [0, 0.05) is 25.8 Å². The largest absolute Gasteiger partial charge is 0.381 e. The Labute approximate surface area is 122 Å². The van der Waals surface area contributed by atoms with Crippen molar-refractivity contribution in [2.24, 2.45) is 10.8 Å². The van der Waals surface area contributed by atoms with Crippen LogP contribution in [0.3, 0.4) is 0 Å². The molecule has 1 aliphatic carbocycles. The fraction of sp³-hybridized carbons (Fsp3) is 0.600. The van der Waals surface area contributed by atoms with Crippen molar-refractivity contribution in [3.8, 4) is 0 Å². The van der Waals surface area contributed by atoms with Crippen molar-refractivity contribution in [1.82, 2.24) is 4.31 Å². The molecule has 0 spiro atoms. The van der Waals surface area contributed by atoms with Gasteiger partial charge in [0.25, 0.3) is 0 Å². The Morgan fingerprint density at radius 1 is 1.00 bits per heavy atom. The van der Waals surface area contributed by atoms with E-state index in [0.717, 1.165) is 5.69 Å². The average Bonchev–Trinajstić information content (AvgIpc) is 2.72. The molecule has 1 aromatic carbocycles. The second kappa shape index (κ2) is 4.46. The number of anilines is 1. The van der Waals surface area contributed by atoms with Crippen LogP contribution in [0, 0.1) is 10.8 Å². The second-order valence-electron chi connectivity index (χ2n) is 6.83. The van der Waals surface area contributed by atoms with Gasteiger partial charge in [0.05, 0.1) is 4.90 Å². The summed E-state index contributed by atoms with van der Waals surface area (Å²) in [5, 5.41) is 3.50. The van der Waals surface area contributed by atoms with E-state index in [1.54, 1.807) is 12.1 Å². The number of sulfonamides is 1. The van der Waals surface area contributed by atoms with E-state index in [1.165, 1.54) is 18.4 Å². The van der Waals surface area contributed by atoms with Gasteiger partial charge in [-0.1, -0.05) is 27.7 Å². The molecule has 1 saturated carbocycles. The van der Waals surface area contributed by atoms with Crippen LogP contribution in [0.4, 0.5) is 5.69 Å². The Morgan fingerprint density at radius 3 is 1.80 bits per heavy atom. The van der Waals surface area contributed by atoms with E-state index in [4.69, 9.17) is 0 Å². The van der Waals surface area contributed by atoms with Crippen LogP contribution in [0.15, 0.2) is 29.2 Å². The minimum absolute atomic E-state index is 0.251. The molecular formula is C15H24N2O2S. The quantitative estimate of drug-likeness (QED) is 0.929. The Hall–Kier alpha value is -1.07. The maximum Gasteiger partial charge on any atom is 0.242 e. The molecule has 2 rings (SSSR count). The monoisotopic (exact) mass is 296 g/mol. The molecule has 0 heterocycles. The summed E-state index contributed by atoms with van der Waals surface area (Å²) in [7, 11) is -0.270. The van der Waals surface area contributed by atoms with Crippen molar-refractivity contribution < 1.29 is 8.42 Å². The summed E-state index contributed by atoms with van der Waals surface area (Å²) in [4.78, 5) is 0.322. The summed E-state index contributed by atoms with van der Waals surface area (Å²) in [5.41, 5.74) is 1.47. The lowest BCUT2D eigenvalue weighted by Gasteiger charge is -2.13. The van der Waals surface area contributed by atoms with E-state index >= 15 is 0 Å². The topological polar surface area (TPSA) is 49.4 Å². The Bertz CT molecular complexity index is 587. The number of hydrogen-bond acceptors (Lipinski definition) is 3. The van der Waals surface area contributed by atoms with Crippen molar-refractivity contribution in [3.05, 3.63) is 24.3 Å². The fourth-order valence-corrected chi connectivity index (χ4v) is 3.56. The lowest BCUT2D eigenvalue weighted by atomic mass is 10.0. The SMILES string of the molecule is CN(C)S(=O)(=O)c1ccc(NC2C(C)(C)C2(C)C)cc1. The minimum Gasteiger partial charge on any atom is -0.381 e. The zero-order chi connectivity index (χ0) is 15.3. The van der Waals surface area contributed by atoms with Crippen LogP contribution in [0.25, 0.3) is 0 Å². The molecule has 5 heteroatoms. The first-order valence-electron chi connectivity index (χ1n) is 6.80. The molecule has 0 aromatic heterocycles. The Balaban J connectivity index is 2.15. The number of hydrogen-bond donors (Lipinski definition) is 1. The predicted molar refractivity (Wildman–Crippen MR) is 82.3 cm³/mol. The van der Waals surface area contributed by atoms with Crippen LogP contribution in [0.1, 0.15) is 27.7 Å². The van der Waals surface area contributed by atoms with E-state index in [0.29, 0.717) is 10.9 Å². The van der Waals surface area contributed by atoms with E-state index in [-0.39, 0.29) is 10.8 Å². The summed E-state index contributed by atoms with van der Waals surface area (Å²) in [5.74, 6) is 0. The highest BCUT2D eigenvalue weighted by atomic mass is 32.2. The number of nitrogens with one attached hydrogen (secondary N) is 1. The standard InChI is InChI=1S/C15H24N2O2S/c1-14(2)13(15(14,3)4)16-11-7-9-12(10-8-11)20(18,19)17(5)6/h7-10,13,16H,1-6H3. The van der Waals surface area contributed by atoms with Gasteiger partial charge in [-0.2, -0.15) is 0 Å². The molecule has 0 saturated heterocycles. The molecule has 1 aliphatic rings. The highest BCUT2D eigenvalue weighted by molar-refractivity contribution is 7.89. The highest BCUT2D eigenvalue weighted by Crippen LogP contribution is 2.63. The van der Waals surface area contributed by atoms with Crippen molar-refractivity contribution >= 4 is 15.7 Å². The number of rotatable bonds is 4. The van der Waals surface area contributed by atoms with Crippen molar-refractivity contribution in [2.45, 2.75) is 38.6 Å². The van der Waals surface area contributed by atoms with Gasteiger partial charge in [-0.25, -0.2) is 12.7 Å². The van der Waals surface area contributed by atoms with Crippen LogP contribution in [0.5, 0.6) is 0 Å². The Morgan fingerprint density at radius 2 is 1.45 bits per heavy atom. The maximum atomic E-state index is 12.0. The lowest BCUT2D eigenvalue weighted by molar-refractivity contribution is 0.457. The molecule has 4 nitrogen and oxygen atoms in total. The van der Waals surface area contributed by atoms with Crippen LogP contribution in [-0.4, -0.2) is 32.9 Å². The van der Waals surface area contributed by atoms with Gasteiger partial charge in [0.15, 0.2) is 0 Å². The molecule has 0 bridgehead atoms. The third-order valence-electron chi connectivity index (χ3n) is 4.96. The average molecular weight is 296 g/mol. The van der Waals surface area contributed by atoms with Gasteiger partial charge in [0.1, 0.15) is 0 Å². The van der Waals surface area contributed by atoms with Crippen molar-refractivity contribution in [2.75, 3.05) is 19.4 Å². The Kier molecular flexibility index (Phi) is 3.42. The first-order valence-corrected chi connectivity index (χ1v) is 8.24. The first kappa shape index (κ1) is 15.3. The van der Waals surface area contributed by atoms with Gasteiger partial charge >= 0.3 is 0 Å². The molecule has 0 aliphatic heterocycles. The van der Waals surface area contributed by atoms with Crippen LogP contribution in [-0.2, 0) is 10.0 Å². The third-order valence-corrected chi connectivity index (χ3v) is 6.79. The predicted octanol–water partition coefficient (Wildman–Crippen LogP) is 2.78. The van der Waals surface area contributed by atoms with E-state index < -0.39 is 10.0 Å². The number of nitrogens with zero attached hydrogens (tertiary/aromatic N) is 1. The second-order valence-corrected chi connectivity index (χ2v) is 8.98. The zero-order valence-corrected chi connectivity index (χ0v) is 13.9. The summed E-state index contributed by atoms with van der Waals surface area (Å²) < 4.78 is 25.2. The van der Waals surface area contributed by atoms with E-state index in [1.807, 2.05) is 12.1 Å². The molecule has 112 valence electrons. The van der Waals surface area contributed by atoms with Crippen LogP contribution >= 0.6 is 0 Å². The summed E-state index contributed by atoms with van der Waals surface area (Å²) in [6.07, 6.45) is 0. The lowest BCUT2D eigenvalue weighted by Crippen LogP contribution is -2.22. The molecule has 0 amide bonds. The third kappa shape index (κ3) is 2.23. The molecular weight excluding hydrogens is 272 g/mol. The van der Waals surface area contributed by atoms with Gasteiger partial charge in [-0.15, -0.1) is 0 Å². The molecule has 20 heavy (non-hydrogen) atoms. The smallest absolute Gasteiger partial charge is 0.242 e. The summed E-state index contributed by atoms with van der Waals surface area (Å²) in [6, 6.07) is 7.38. The number of benzene rings is 1. The van der Waals surface area contributed by atoms with E-state index in [9.17, 15) is 8.42 Å². The highest BCUT2D eigenvalue weighted by Gasteiger charge is 2.64. The van der Waals surface area contributed by atoms with Crippen LogP contribution in [0.2, 0.25) is 0 Å². The summed E-state index contributed by atoms with van der Waals surface area (Å²) in [6.45, 7) is 8.98.